The molecule has 2 aliphatic rings. The molecule has 0 bridgehead atoms. The Labute approximate surface area is 152 Å². The van der Waals surface area contributed by atoms with E-state index in [1.165, 1.54) is 16.9 Å². The van der Waals surface area contributed by atoms with Gasteiger partial charge in [-0.15, -0.1) is 11.3 Å². The van der Waals surface area contributed by atoms with E-state index in [4.69, 9.17) is 0 Å². The van der Waals surface area contributed by atoms with Crippen LogP contribution in [0, 0.1) is 5.92 Å². The van der Waals surface area contributed by atoms with Crippen LogP contribution in [-0.2, 0) is 11.2 Å². The number of carbonyl (C=O) groups excluding carboxylic acids is 2. The van der Waals surface area contributed by atoms with Gasteiger partial charge in [0.1, 0.15) is 0 Å². The number of thiophene rings is 1. The molecule has 1 aromatic heterocycles. The van der Waals surface area contributed by atoms with Crippen LogP contribution >= 0.6 is 11.3 Å². The molecule has 0 saturated carbocycles. The lowest BCUT2D eigenvalue weighted by molar-refractivity contribution is -0.123. The molecule has 130 valence electrons. The number of benzene rings is 1. The summed E-state index contributed by atoms with van der Waals surface area (Å²) in [6.45, 7) is 3.45. The zero-order chi connectivity index (χ0) is 17.4. The van der Waals surface area contributed by atoms with Crippen molar-refractivity contribution in [2.45, 2.75) is 32.2 Å². The van der Waals surface area contributed by atoms with Gasteiger partial charge in [0.15, 0.2) is 0 Å². The molecule has 4 rings (SSSR count). The fraction of sp³-hybridized carbons (Fsp3) is 0.400. The Hall–Kier alpha value is -2.14. The Kier molecular flexibility index (Phi) is 4.34. The maximum absolute atomic E-state index is 13.1. The van der Waals surface area contributed by atoms with Crippen molar-refractivity contribution in [1.82, 2.24) is 4.90 Å². The minimum absolute atomic E-state index is 0.0148. The predicted octanol–water partition coefficient (Wildman–Crippen LogP) is 3.58. The molecule has 25 heavy (non-hydrogen) atoms. The van der Waals surface area contributed by atoms with Crippen molar-refractivity contribution in [3.63, 3.8) is 0 Å². The maximum Gasteiger partial charge on any atom is 0.263 e. The van der Waals surface area contributed by atoms with Gasteiger partial charge in [-0.1, -0.05) is 24.3 Å². The molecule has 2 aromatic rings. The van der Waals surface area contributed by atoms with Crippen LogP contribution in [0.1, 0.15) is 35.0 Å². The first-order valence-corrected chi connectivity index (χ1v) is 9.77. The summed E-state index contributed by atoms with van der Waals surface area (Å²) in [5.74, 6) is 0.336. The summed E-state index contributed by atoms with van der Waals surface area (Å²) in [6, 6.07) is 12.2. The van der Waals surface area contributed by atoms with Crippen molar-refractivity contribution < 1.29 is 9.59 Å². The average Bonchev–Trinajstić information content (AvgIpc) is 3.27. The molecule has 2 aliphatic heterocycles. The summed E-state index contributed by atoms with van der Waals surface area (Å²) < 4.78 is 0. The molecular formula is C20H22N2O2S. The second-order valence-corrected chi connectivity index (χ2v) is 7.88. The largest absolute Gasteiger partial charge is 0.338 e. The zero-order valence-corrected chi connectivity index (χ0v) is 15.2. The van der Waals surface area contributed by atoms with Crippen molar-refractivity contribution in [2.24, 2.45) is 5.92 Å². The number of anilines is 1. The van der Waals surface area contributed by atoms with E-state index in [0.29, 0.717) is 13.1 Å². The second-order valence-electron chi connectivity index (χ2n) is 6.93. The van der Waals surface area contributed by atoms with E-state index in [1.54, 1.807) is 0 Å². The fourth-order valence-electron chi connectivity index (χ4n) is 3.98. The molecular weight excluding hydrogens is 332 g/mol. The molecule has 3 heterocycles. The number of hydrogen-bond donors (Lipinski definition) is 0. The molecule has 4 nitrogen and oxygen atoms in total. The minimum atomic E-state index is 0.0148. The number of fused-ring (bicyclic) bond motifs is 1. The van der Waals surface area contributed by atoms with E-state index in [-0.39, 0.29) is 23.8 Å². The maximum atomic E-state index is 13.1. The van der Waals surface area contributed by atoms with Gasteiger partial charge >= 0.3 is 0 Å². The van der Waals surface area contributed by atoms with Crippen LogP contribution in [0.3, 0.4) is 0 Å². The number of para-hydroxylation sites is 1. The van der Waals surface area contributed by atoms with Crippen molar-refractivity contribution in [2.75, 3.05) is 18.0 Å². The minimum Gasteiger partial charge on any atom is -0.338 e. The van der Waals surface area contributed by atoms with Crippen LogP contribution in [0.15, 0.2) is 41.8 Å². The first-order valence-electron chi connectivity index (χ1n) is 8.89. The highest BCUT2D eigenvalue weighted by atomic mass is 32.1. The number of hydrogen-bond acceptors (Lipinski definition) is 3. The summed E-state index contributed by atoms with van der Waals surface area (Å²) in [6.07, 6.45) is 2.43. The lowest BCUT2D eigenvalue weighted by Gasteiger charge is -2.34. The standard InChI is InChI=1S/C20H22N2O2S/c1-14-13-16-5-2-3-6-17(16)22(14)19(23)15-8-10-21(11-9-15)20(24)18-7-4-12-25-18/h2-7,12,14-15H,8-11,13H2,1H3/t14-/m1/s1. The highest BCUT2D eigenvalue weighted by Crippen LogP contribution is 2.34. The summed E-state index contributed by atoms with van der Waals surface area (Å²) in [7, 11) is 0. The molecule has 2 amide bonds. The summed E-state index contributed by atoms with van der Waals surface area (Å²) >= 11 is 1.48. The zero-order valence-electron chi connectivity index (χ0n) is 14.4. The van der Waals surface area contributed by atoms with Gasteiger partial charge in [-0.05, 0) is 49.3 Å². The van der Waals surface area contributed by atoms with Crippen LogP contribution in [0.4, 0.5) is 5.69 Å². The van der Waals surface area contributed by atoms with E-state index in [0.717, 1.165) is 29.8 Å². The molecule has 1 atom stereocenters. The van der Waals surface area contributed by atoms with Gasteiger partial charge in [-0.2, -0.15) is 0 Å². The van der Waals surface area contributed by atoms with E-state index in [9.17, 15) is 9.59 Å². The van der Waals surface area contributed by atoms with Gasteiger partial charge < -0.3 is 9.80 Å². The van der Waals surface area contributed by atoms with E-state index >= 15 is 0 Å². The topological polar surface area (TPSA) is 40.6 Å². The van der Waals surface area contributed by atoms with Gasteiger partial charge in [0.2, 0.25) is 5.91 Å². The van der Waals surface area contributed by atoms with Crippen molar-refractivity contribution in [1.29, 1.82) is 0 Å². The molecule has 0 unspecified atom stereocenters. The normalized spacial score (nSPS) is 20.6. The second kappa shape index (κ2) is 6.64. The van der Waals surface area contributed by atoms with Crippen LogP contribution in [0.25, 0.3) is 0 Å². The average molecular weight is 354 g/mol. The smallest absolute Gasteiger partial charge is 0.263 e. The van der Waals surface area contributed by atoms with E-state index in [2.05, 4.69) is 13.0 Å². The number of rotatable bonds is 2. The first kappa shape index (κ1) is 16.3. The Morgan fingerprint density at radius 3 is 2.56 bits per heavy atom. The van der Waals surface area contributed by atoms with Crippen LogP contribution in [-0.4, -0.2) is 35.8 Å². The van der Waals surface area contributed by atoms with E-state index < -0.39 is 0 Å². The molecule has 1 saturated heterocycles. The highest BCUT2D eigenvalue weighted by molar-refractivity contribution is 7.12. The molecule has 0 radical (unpaired) electrons. The monoisotopic (exact) mass is 354 g/mol. The van der Waals surface area contributed by atoms with Crippen molar-refractivity contribution >= 4 is 28.8 Å². The van der Waals surface area contributed by atoms with Gasteiger partial charge in [-0.25, -0.2) is 0 Å². The lowest BCUT2D eigenvalue weighted by Crippen LogP contribution is -2.46. The molecule has 0 spiro atoms. The molecule has 1 aromatic carbocycles. The van der Waals surface area contributed by atoms with Gasteiger partial charge in [-0.3, -0.25) is 9.59 Å². The summed E-state index contributed by atoms with van der Waals surface area (Å²) in [5, 5.41) is 1.93. The Morgan fingerprint density at radius 1 is 1.08 bits per heavy atom. The fourth-order valence-corrected chi connectivity index (χ4v) is 4.67. The molecule has 0 aliphatic carbocycles. The van der Waals surface area contributed by atoms with Crippen LogP contribution in [0.2, 0.25) is 0 Å². The van der Waals surface area contributed by atoms with Crippen molar-refractivity contribution in [3.8, 4) is 0 Å². The van der Waals surface area contributed by atoms with Gasteiger partial charge in [0.25, 0.3) is 5.91 Å². The number of amides is 2. The van der Waals surface area contributed by atoms with Crippen molar-refractivity contribution in [3.05, 3.63) is 52.2 Å². The Morgan fingerprint density at radius 2 is 1.84 bits per heavy atom. The van der Waals surface area contributed by atoms with E-state index in [1.807, 2.05) is 45.5 Å². The molecule has 1 fully saturated rings. The number of carbonyl (C=O) groups is 2. The Balaban J connectivity index is 1.43. The van der Waals surface area contributed by atoms with Crippen LogP contribution < -0.4 is 4.90 Å². The lowest BCUT2D eigenvalue weighted by atomic mass is 9.94. The predicted molar refractivity (Wildman–Crippen MR) is 100 cm³/mol. The summed E-state index contributed by atoms with van der Waals surface area (Å²) in [4.78, 5) is 30.2. The number of piperidine rings is 1. The third-order valence-corrected chi connectivity index (χ3v) is 6.17. The number of nitrogens with zero attached hydrogens (tertiary/aromatic N) is 2. The van der Waals surface area contributed by atoms with Crippen LogP contribution in [0.5, 0.6) is 0 Å². The number of likely N-dealkylation sites (tertiary alicyclic amines) is 1. The molecule has 0 N–H and O–H groups in total. The third kappa shape index (κ3) is 2.97. The molecule has 5 heteroatoms. The highest BCUT2D eigenvalue weighted by Gasteiger charge is 2.36. The quantitative estimate of drug-likeness (QED) is 0.827. The van der Waals surface area contributed by atoms with Gasteiger partial charge in [0.05, 0.1) is 4.88 Å². The van der Waals surface area contributed by atoms with Gasteiger partial charge in [0, 0.05) is 30.7 Å². The third-order valence-electron chi connectivity index (χ3n) is 5.31. The first-order chi connectivity index (χ1) is 12.1. The SMILES string of the molecule is C[C@@H]1Cc2ccccc2N1C(=O)C1CCN(C(=O)c2cccs2)CC1. The summed E-state index contributed by atoms with van der Waals surface area (Å²) in [5.41, 5.74) is 2.32. The Bertz CT molecular complexity index is 779.